The molecule has 3 rings (SSSR count). The predicted molar refractivity (Wildman–Crippen MR) is 105 cm³/mol. The number of carbonyl (C=O) groups excluding carboxylic acids is 1. The van der Waals surface area contributed by atoms with Crippen LogP contribution in [0.15, 0.2) is 30.6 Å². The van der Waals surface area contributed by atoms with Crippen LogP contribution in [0.25, 0.3) is 0 Å². The van der Waals surface area contributed by atoms with Gasteiger partial charge in [-0.05, 0) is 19.1 Å². The van der Waals surface area contributed by atoms with Crippen molar-refractivity contribution < 1.29 is 14.1 Å². The van der Waals surface area contributed by atoms with Crippen LogP contribution in [-0.2, 0) is 17.9 Å². The van der Waals surface area contributed by atoms with Crippen molar-refractivity contribution in [1.29, 1.82) is 0 Å². The van der Waals surface area contributed by atoms with Crippen molar-refractivity contribution in [3.63, 3.8) is 0 Å². The van der Waals surface area contributed by atoms with Gasteiger partial charge >= 0.3 is 5.69 Å². The van der Waals surface area contributed by atoms with E-state index < -0.39 is 16.6 Å². The summed E-state index contributed by atoms with van der Waals surface area (Å²) in [7, 11) is 0. The Balaban J connectivity index is 1.62. The van der Waals surface area contributed by atoms with Crippen LogP contribution in [0.1, 0.15) is 17.7 Å². The standard InChI is InChI=1S/C17H15Cl2FN6O3/c1-10-15(26(28)29)9-24(22-10)6-5-16(27)21-17-13(19)8-25(23-17)7-11-12(18)3-2-4-14(11)20/h2-4,8-9H,5-7H2,1H3,(H,21,23,27). The Morgan fingerprint density at radius 3 is 2.66 bits per heavy atom. The van der Waals surface area contributed by atoms with Gasteiger partial charge < -0.3 is 5.32 Å². The van der Waals surface area contributed by atoms with Crippen LogP contribution in [0.5, 0.6) is 0 Å². The van der Waals surface area contributed by atoms with Crippen molar-refractivity contribution >= 4 is 40.6 Å². The molecule has 0 bridgehead atoms. The van der Waals surface area contributed by atoms with Crippen LogP contribution in [0.4, 0.5) is 15.9 Å². The molecule has 0 saturated carbocycles. The van der Waals surface area contributed by atoms with E-state index in [1.807, 2.05) is 0 Å². The van der Waals surface area contributed by atoms with E-state index in [9.17, 15) is 19.3 Å². The molecular formula is C17H15Cl2FN6O3. The zero-order valence-electron chi connectivity index (χ0n) is 15.1. The number of anilines is 1. The molecule has 29 heavy (non-hydrogen) atoms. The third-order valence-electron chi connectivity index (χ3n) is 4.04. The van der Waals surface area contributed by atoms with Gasteiger partial charge in [0.1, 0.15) is 22.7 Å². The maximum atomic E-state index is 13.9. The molecule has 0 radical (unpaired) electrons. The molecule has 0 aliphatic rings. The summed E-state index contributed by atoms with van der Waals surface area (Å²) in [5.74, 6) is -0.762. The van der Waals surface area contributed by atoms with Crippen LogP contribution >= 0.6 is 23.2 Å². The van der Waals surface area contributed by atoms with Crippen molar-refractivity contribution in [2.24, 2.45) is 0 Å². The summed E-state index contributed by atoms with van der Waals surface area (Å²) in [6.07, 6.45) is 2.71. The zero-order valence-corrected chi connectivity index (χ0v) is 16.6. The fourth-order valence-electron chi connectivity index (χ4n) is 2.62. The van der Waals surface area contributed by atoms with Crippen molar-refractivity contribution in [3.05, 3.63) is 67.8 Å². The monoisotopic (exact) mass is 440 g/mol. The van der Waals surface area contributed by atoms with Gasteiger partial charge in [-0.15, -0.1) is 0 Å². The van der Waals surface area contributed by atoms with Crippen LogP contribution in [0, 0.1) is 22.9 Å². The number of rotatable bonds is 7. The molecule has 1 amide bonds. The molecule has 12 heteroatoms. The number of aryl methyl sites for hydroxylation is 2. The molecule has 9 nitrogen and oxygen atoms in total. The molecule has 0 spiro atoms. The first kappa shape index (κ1) is 20.7. The average molecular weight is 441 g/mol. The summed E-state index contributed by atoms with van der Waals surface area (Å²) in [5, 5.41) is 22.0. The molecule has 0 atom stereocenters. The number of hydrogen-bond acceptors (Lipinski definition) is 5. The van der Waals surface area contributed by atoms with Crippen LogP contribution in [-0.4, -0.2) is 30.4 Å². The molecule has 2 aromatic heterocycles. The molecule has 0 unspecified atom stereocenters. The van der Waals surface area contributed by atoms with E-state index in [1.54, 1.807) is 6.07 Å². The highest BCUT2D eigenvalue weighted by molar-refractivity contribution is 6.33. The van der Waals surface area contributed by atoms with E-state index in [2.05, 4.69) is 15.5 Å². The Bertz CT molecular complexity index is 1060. The first-order valence-corrected chi connectivity index (χ1v) is 9.14. The lowest BCUT2D eigenvalue weighted by Crippen LogP contribution is -2.15. The second-order valence-electron chi connectivity index (χ2n) is 6.14. The minimum Gasteiger partial charge on any atom is -0.308 e. The zero-order chi connectivity index (χ0) is 21.1. The lowest BCUT2D eigenvalue weighted by atomic mass is 10.2. The summed E-state index contributed by atoms with van der Waals surface area (Å²) in [4.78, 5) is 22.5. The van der Waals surface area contributed by atoms with E-state index in [4.69, 9.17) is 23.2 Å². The van der Waals surface area contributed by atoms with E-state index in [0.29, 0.717) is 0 Å². The lowest BCUT2D eigenvalue weighted by molar-refractivity contribution is -0.385. The third-order valence-corrected chi connectivity index (χ3v) is 4.67. The molecule has 2 heterocycles. The normalized spacial score (nSPS) is 10.9. The molecule has 3 aromatic rings. The van der Waals surface area contributed by atoms with Crippen molar-refractivity contribution in [3.8, 4) is 0 Å². The number of carbonyl (C=O) groups is 1. The van der Waals surface area contributed by atoms with Gasteiger partial charge in [-0.3, -0.25) is 24.3 Å². The van der Waals surface area contributed by atoms with Gasteiger partial charge in [-0.25, -0.2) is 4.39 Å². The first-order chi connectivity index (χ1) is 13.7. The van der Waals surface area contributed by atoms with Gasteiger partial charge in [0.05, 0.1) is 11.5 Å². The van der Waals surface area contributed by atoms with Crippen molar-refractivity contribution in [2.45, 2.75) is 26.4 Å². The minimum absolute atomic E-state index is 0.000600. The fourth-order valence-corrected chi connectivity index (χ4v) is 3.04. The summed E-state index contributed by atoms with van der Waals surface area (Å²) in [6, 6.07) is 4.35. The number of benzene rings is 1. The Morgan fingerprint density at radius 2 is 2.00 bits per heavy atom. The van der Waals surface area contributed by atoms with Gasteiger partial charge in [-0.1, -0.05) is 29.3 Å². The third kappa shape index (κ3) is 4.90. The van der Waals surface area contributed by atoms with E-state index in [-0.39, 0.29) is 52.3 Å². The van der Waals surface area contributed by atoms with Crippen molar-refractivity contribution in [2.75, 3.05) is 5.32 Å². The van der Waals surface area contributed by atoms with Gasteiger partial charge in [0.25, 0.3) is 0 Å². The topological polar surface area (TPSA) is 108 Å². The van der Waals surface area contributed by atoms with E-state index >= 15 is 0 Å². The smallest absolute Gasteiger partial charge is 0.308 e. The highest BCUT2D eigenvalue weighted by Gasteiger charge is 2.17. The number of halogens is 3. The maximum Gasteiger partial charge on any atom is 0.309 e. The highest BCUT2D eigenvalue weighted by atomic mass is 35.5. The molecule has 152 valence electrons. The number of nitrogens with zero attached hydrogens (tertiary/aromatic N) is 5. The predicted octanol–water partition coefficient (Wildman–Crippen LogP) is 3.82. The van der Waals surface area contributed by atoms with Gasteiger partial charge in [0, 0.05) is 29.7 Å². The SMILES string of the molecule is Cc1nn(CCC(=O)Nc2nn(Cc3c(F)cccc3Cl)cc2Cl)cc1[N+](=O)[O-]. The van der Waals surface area contributed by atoms with Crippen molar-refractivity contribution in [1.82, 2.24) is 19.6 Å². The number of aromatic nitrogens is 4. The molecule has 0 saturated heterocycles. The Hall–Kier alpha value is -2.98. The Morgan fingerprint density at radius 1 is 1.24 bits per heavy atom. The molecule has 0 aliphatic heterocycles. The lowest BCUT2D eigenvalue weighted by Gasteiger charge is -2.06. The average Bonchev–Trinajstić information content (AvgIpc) is 3.19. The second kappa shape index (κ2) is 8.58. The van der Waals surface area contributed by atoms with Gasteiger partial charge in [-0.2, -0.15) is 10.2 Å². The van der Waals surface area contributed by atoms with Crippen LogP contribution in [0.2, 0.25) is 10.0 Å². The Kier molecular flexibility index (Phi) is 6.14. The van der Waals surface area contributed by atoms with Gasteiger partial charge in [0.15, 0.2) is 5.82 Å². The molecule has 1 N–H and O–H groups in total. The molecular weight excluding hydrogens is 426 g/mol. The second-order valence-corrected chi connectivity index (χ2v) is 6.96. The summed E-state index contributed by atoms with van der Waals surface area (Å²) >= 11 is 12.1. The van der Waals surface area contributed by atoms with Crippen LogP contribution < -0.4 is 5.32 Å². The molecule has 0 aliphatic carbocycles. The number of nitrogens with one attached hydrogen (secondary N) is 1. The first-order valence-electron chi connectivity index (χ1n) is 8.38. The quantitative estimate of drug-likeness (QED) is 0.443. The number of hydrogen-bond donors (Lipinski definition) is 1. The Labute approximate surface area is 174 Å². The molecule has 1 aromatic carbocycles. The van der Waals surface area contributed by atoms with Crippen LogP contribution in [0.3, 0.4) is 0 Å². The summed E-state index contributed by atoms with van der Waals surface area (Å²) < 4.78 is 16.6. The minimum atomic E-state index is -0.535. The maximum absolute atomic E-state index is 13.9. The summed E-state index contributed by atoms with van der Waals surface area (Å²) in [5.41, 5.74) is 0.407. The highest BCUT2D eigenvalue weighted by Crippen LogP contribution is 2.24. The fraction of sp³-hybridized carbons (Fsp3) is 0.235. The number of nitro groups is 1. The largest absolute Gasteiger partial charge is 0.309 e. The van der Waals surface area contributed by atoms with Gasteiger partial charge in [0.2, 0.25) is 5.91 Å². The van der Waals surface area contributed by atoms with E-state index in [0.717, 1.165) is 0 Å². The summed E-state index contributed by atoms with van der Waals surface area (Å²) in [6.45, 7) is 1.70. The molecule has 0 fully saturated rings. The number of amides is 1. The van der Waals surface area contributed by atoms with E-state index in [1.165, 1.54) is 40.8 Å².